The number of allylic oxidation sites excluding steroid dienone is 1. The number of carbonyl (C=O) groups is 3. The van der Waals surface area contributed by atoms with Gasteiger partial charge in [-0.3, -0.25) is 25.0 Å². The molecule has 3 aliphatic rings. The molecule has 41 heavy (non-hydrogen) atoms. The number of hydrogen-bond acceptors (Lipinski definition) is 8. The predicted octanol–water partition coefficient (Wildman–Crippen LogP) is 1.90. The van der Waals surface area contributed by atoms with E-state index in [1.807, 2.05) is 6.92 Å². The summed E-state index contributed by atoms with van der Waals surface area (Å²) in [6.07, 6.45) is 5.71. The number of nitrogens with zero attached hydrogens (tertiary/aromatic N) is 3. The summed E-state index contributed by atoms with van der Waals surface area (Å²) in [5.74, 6) is -3.47. The number of hydrogen-bond donors (Lipinski definition) is 4. The zero-order valence-electron chi connectivity index (χ0n) is 23.1. The first-order valence-electron chi connectivity index (χ1n) is 13.5. The number of Topliss-reactive ketones (excluding diaryl/α,β-unsaturated/α-hetero) is 1. The number of rotatable bonds is 8. The molecular weight excluding hydrogens is 554 g/mol. The average molecular weight is 588 g/mol. The van der Waals surface area contributed by atoms with E-state index in [-0.39, 0.29) is 45.6 Å². The number of aliphatic hydroxyl groups excluding tert-OH is 1. The van der Waals surface area contributed by atoms with Gasteiger partial charge in [-0.25, -0.2) is 8.78 Å². The van der Waals surface area contributed by atoms with Crippen LogP contribution in [0.2, 0.25) is 0 Å². The summed E-state index contributed by atoms with van der Waals surface area (Å²) in [4.78, 5) is 40.8. The van der Waals surface area contributed by atoms with E-state index in [0.29, 0.717) is 30.7 Å². The molecule has 5 N–H and O–H groups in total. The number of aromatic nitrogens is 2. The van der Waals surface area contributed by atoms with E-state index in [4.69, 9.17) is 0 Å². The van der Waals surface area contributed by atoms with Crippen molar-refractivity contribution in [2.75, 3.05) is 14.1 Å². The molecule has 2 fully saturated rings. The van der Waals surface area contributed by atoms with Gasteiger partial charge in [0.25, 0.3) is 0 Å². The van der Waals surface area contributed by atoms with Crippen molar-refractivity contribution in [3.05, 3.63) is 63.1 Å². The first-order valence-corrected chi connectivity index (χ1v) is 14.4. The van der Waals surface area contributed by atoms with Gasteiger partial charge in [-0.05, 0) is 64.1 Å². The third kappa shape index (κ3) is 5.79. The van der Waals surface area contributed by atoms with Gasteiger partial charge in [-0.1, -0.05) is 17.4 Å². The van der Waals surface area contributed by atoms with Gasteiger partial charge in [0.2, 0.25) is 23.1 Å². The molecule has 1 aromatic heterocycles. The fourth-order valence-electron chi connectivity index (χ4n) is 5.37. The van der Waals surface area contributed by atoms with Gasteiger partial charge in [-0.15, -0.1) is 10.2 Å². The SMILES string of the molecule is CNC1(N(C)C(=O)C2=C(O)C(=O)C(c3nnc(Cc4ccc(F)cc4F)s3)=C[NH2+]2)CCC(C(=O)NC2(C)CC2)CC1. The van der Waals surface area contributed by atoms with E-state index in [9.17, 15) is 28.3 Å². The number of likely N-dealkylation sites (N-methyl/N-ethyl adjacent to an activating group) is 1. The Labute approximate surface area is 239 Å². The third-order valence-electron chi connectivity index (χ3n) is 8.44. The van der Waals surface area contributed by atoms with Gasteiger partial charge in [-0.2, -0.15) is 0 Å². The zero-order valence-corrected chi connectivity index (χ0v) is 23.9. The topological polar surface area (TPSA) is 141 Å². The number of nitrogens with one attached hydrogen (secondary N) is 2. The van der Waals surface area contributed by atoms with Crippen LogP contribution in [0, 0.1) is 17.6 Å². The number of nitrogens with two attached hydrogens (primary N) is 1. The van der Waals surface area contributed by atoms with Crippen molar-refractivity contribution < 1.29 is 33.6 Å². The Bertz CT molecular complexity index is 1460. The molecule has 0 radical (unpaired) electrons. The third-order valence-corrected chi connectivity index (χ3v) is 9.39. The highest BCUT2D eigenvalue weighted by Gasteiger charge is 2.46. The molecular formula is C28H33F2N6O4S+. The van der Waals surface area contributed by atoms with E-state index in [1.54, 1.807) is 14.1 Å². The maximum atomic E-state index is 14.0. The molecule has 0 spiro atoms. The summed E-state index contributed by atoms with van der Waals surface area (Å²) in [6, 6.07) is 3.26. The molecule has 2 aliphatic carbocycles. The highest BCUT2D eigenvalue weighted by Crippen LogP contribution is 2.38. The molecule has 0 atom stereocenters. The number of quaternary nitrogens is 1. The number of halogens is 2. The monoisotopic (exact) mass is 587 g/mol. The van der Waals surface area contributed by atoms with Gasteiger partial charge < -0.3 is 15.3 Å². The molecule has 0 bridgehead atoms. The minimum Gasteiger partial charge on any atom is -0.500 e. The molecule has 0 saturated heterocycles. The van der Waals surface area contributed by atoms with E-state index in [2.05, 4.69) is 20.8 Å². The molecule has 10 nitrogen and oxygen atoms in total. The van der Waals surface area contributed by atoms with Crippen molar-refractivity contribution >= 4 is 34.5 Å². The fraction of sp³-hybridized carbons (Fsp3) is 0.464. The summed E-state index contributed by atoms with van der Waals surface area (Å²) in [5.41, 5.74) is -0.680. The van der Waals surface area contributed by atoms with Crippen molar-refractivity contribution in [3.63, 3.8) is 0 Å². The van der Waals surface area contributed by atoms with Crippen LogP contribution in [-0.4, -0.2) is 63.1 Å². The van der Waals surface area contributed by atoms with Gasteiger partial charge in [0.1, 0.15) is 28.4 Å². The Balaban J connectivity index is 1.25. The van der Waals surface area contributed by atoms with E-state index in [0.717, 1.165) is 36.3 Å². The number of aliphatic hydroxyl groups is 1. The van der Waals surface area contributed by atoms with Gasteiger partial charge in [0, 0.05) is 31.0 Å². The first-order chi connectivity index (χ1) is 19.4. The average Bonchev–Trinajstić information content (AvgIpc) is 3.49. The second-order valence-electron chi connectivity index (χ2n) is 11.2. The van der Waals surface area contributed by atoms with Crippen molar-refractivity contribution in [1.82, 2.24) is 25.7 Å². The Morgan fingerprint density at radius 2 is 1.90 bits per heavy atom. The summed E-state index contributed by atoms with van der Waals surface area (Å²) in [6.45, 7) is 2.04. The minimum absolute atomic E-state index is 0.0514. The van der Waals surface area contributed by atoms with Gasteiger partial charge >= 0.3 is 5.91 Å². The lowest BCUT2D eigenvalue weighted by molar-refractivity contribution is -0.531. The molecule has 218 valence electrons. The Morgan fingerprint density at radius 3 is 2.54 bits per heavy atom. The highest BCUT2D eigenvalue weighted by atomic mass is 32.1. The summed E-state index contributed by atoms with van der Waals surface area (Å²) in [7, 11) is 3.37. The second-order valence-corrected chi connectivity index (χ2v) is 12.3. The second kappa shape index (κ2) is 11.0. The lowest BCUT2D eigenvalue weighted by Gasteiger charge is -2.46. The van der Waals surface area contributed by atoms with E-state index in [1.165, 1.54) is 22.5 Å². The van der Waals surface area contributed by atoms with Crippen LogP contribution in [-0.2, 0) is 20.8 Å². The van der Waals surface area contributed by atoms with Crippen molar-refractivity contribution in [2.24, 2.45) is 5.92 Å². The maximum absolute atomic E-state index is 14.0. The van der Waals surface area contributed by atoms with Crippen LogP contribution >= 0.6 is 11.3 Å². The van der Waals surface area contributed by atoms with Crippen LogP contribution in [0.4, 0.5) is 8.78 Å². The molecule has 2 heterocycles. The Morgan fingerprint density at radius 1 is 1.20 bits per heavy atom. The summed E-state index contributed by atoms with van der Waals surface area (Å²) in [5, 5.41) is 27.2. The summed E-state index contributed by atoms with van der Waals surface area (Å²) >= 11 is 1.04. The standard InChI is InChI=1S/C28H32F2N6O4S/c1-27(10-11-27)33-24(39)15-6-8-28(31-2,9-7-15)36(3)26(40)21-23(38)22(37)18(14-32-21)25-35-34-20(41-25)12-16-4-5-17(29)13-19(16)30/h4-5,13-15,31,38H,6-12H2,1-3H3,(H,32,37)(H,33,39)/p+1. The van der Waals surface area contributed by atoms with Crippen LogP contribution < -0.4 is 16.0 Å². The fourth-order valence-corrected chi connectivity index (χ4v) is 6.26. The van der Waals surface area contributed by atoms with Crippen LogP contribution in [0.5, 0.6) is 0 Å². The normalized spacial score (nSPS) is 23.7. The van der Waals surface area contributed by atoms with Gasteiger partial charge in [0.15, 0.2) is 5.01 Å². The number of amides is 2. The van der Waals surface area contributed by atoms with Crippen molar-refractivity contribution in [2.45, 2.75) is 63.1 Å². The smallest absolute Gasteiger partial charge is 0.313 e. The van der Waals surface area contributed by atoms with E-state index < -0.39 is 34.7 Å². The Kier molecular flexibility index (Phi) is 7.79. The molecule has 0 unspecified atom stereocenters. The molecule has 2 amide bonds. The minimum atomic E-state index is -0.771. The molecule has 5 rings (SSSR count). The number of carbonyl (C=O) groups excluding carboxylic acids is 3. The molecule has 2 aromatic rings. The van der Waals surface area contributed by atoms with Crippen LogP contribution in [0.3, 0.4) is 0 Å². The largest absolute Gasteiger partial charge is 0.500 e. The maximum Gasteiger partial charge on any atom is 0.313 e. The zero-order chi connectivity index (χ0) is 29.5. The molecule has 1 aromatic carbocycles. The van der Waals surface area contributed by atoms with Crippen LogP contribution in [0.15, 0.2) is 35.9 Å². The quantitative estimate of drug-likeness (QED) is 0.346. The predicted molar refractivity (Wildman–Crippen MR) is 146 cm³/mol. The lowest BCUT2D eigenvalue weighted by Crippen LogP contribution is -2.81. The first kappa shape index (κ1) is 29.0. The van der Waals surface area contributed by atoms with Crippen LogP contribution in [0.25, 0.3) is 5.57 Å². The van der Waals surface area contributed by atoms with Crippen LogP contribution in [0.1, 0.15) is 61.0 Å². The number of benzene rings is 1. The Hall–Kier alpha value is -3.55. The van der Waals surface area contributed by atoms with Gasteiger partial charge in [0.05, 0.1) is 5.66 Å². The molecule has 1 aliphatic heterocycles. The number of ketones is 1. The molecule has 13 heteroatoms. The molecule has 2 saturated carbocycles. The van der Waals surface area contributed by atoms with Crippen molar-refractivity contribution in [3.8, 4) is 0 Å². The van der Waals surface area contributed by atoms with E-state index >= 15 is 0 Å². The lowest BCUT2D eigenvalue weighted by atomic mass is 9.80. The van der Waals surface area contributed by atoms with Crippen molar-refractivity contribution in [1.29, 1.82) is 0 Å². The summed E-state index contributed by atoms with van der Waals surface area (Å²) < 4.78 is 27.3. The highest BCUT2D eigenvalue weighted by molar-refractivity contribution is 7.12.